The lowest BCUT2D eigenvalue weighted by Crippen LogP contribution is -2.09. The summed E-state index contributed by atoms with van der Waals surface area (Å²) in [5.74, 6) is 0.108. The zero-order valence-corrected chi connectivity index (χ0v) is 10.7. The van der Waals surface area contributed by atoms with Crippen LogP contribution >= 0.6 is 11.6 Å². The van der Waals surface area contributed by atoms with Gasteiger partial charge in [-0.1, -0.05) is 17.7 Å². The van der Waals surface area contributed by atoms with Crippen LogP contribution in [0.2, 0.25) is 5.02 Å². The Morgan fingerprint density at radius 1 is 1.35 bits per heavy atom. The summed E-state index contributed by atoms with van der Waals surface area (Å²) in [6.07, 6.45) is 6.25. The first-order chi connectivity index (χ1) is 8.22. The van der Waals surface area contributed by atoms with Crippen molar-refractivity contribution < 1.29 is 4.79 Å². The summed E-state index contributed by atoms with van der Waals surface area (Å²) in [6, 6.07) is 5.38. The van der Waals surface area contributed by atoms with Crippen LogP contribution in [0.1, 0.15) is 36.0 Å². The topological polar surface area (TPSA) is 29.1 Å². The Morgan fingerprint density at radius 2 is 2.18 bits per heavy atom. The largest absolute Gasteiger partial charge is 0.388 e. The Labute approximate surface area is 107 Å². The van der Waals surface area contributed by atoms with Crippen molar-refractivity contribution in [1.29, 1.82) is 0 Å². The molecule has 0 unspecified atom stereocenters. The minimum Gasteiger partial charge on any atom is -0.388 e. The minimum absolute atomic E-state index is 0.108. The number of carbonyl (C=O) groups is 1. The highest BCUT2D eigenvalue weighted by Gasteiger charge is 2.17. The van der Waals surface area contributed by atoms with Gasteiger partial charge in [-0.2, -0.15) is 0 Å². The molecule has 0 radical (unpaired) electrons. The van der Waals surface area contributed by atoms with Gasteiger partial charge in [0.2, 0.25) is 0 Å². The highest BCUT2D eigenvalue weighted by molar-refractivity contribution is 6.31. The molecule has 0 bridgehead atoms. The van der Waals surface area contributed by atoms with E-state index in [4.69, 9.17) is 11.6 Å². The first-order valence-corrected chi connectivity index (χ1v) is 6.31. The molecule has 2 nitrogen and oxygen atoms in total. The van der Waals surface area contributed by atoms with Gasteiger partial charge in [0.1, 0.15) is 0 Å². The fraction of sp³-hybridized carbons (Fsp3) is 0.357. The standard InChI is InChI=1S/C14H16ClNO/c1-16-13-8-7-11(15)9-12(13)14(17)10-5-3-2-4-6-10/h5,7-9,16H,2-4,6H2,1H3. The van der Waals surface area contributed by atoms with Crippen molar-refractivity contribution in [3.05, 3.63) is 40.4 Å². The van der Waals surface area contributed by atoms with E-state index in [-0.39, 0.29) is 5.78 Å². The molecule has 1 aromatic carbocycles. The van der Waals surface area contributed by atoms with Crippen molar-refractivity contribution in [2.24, 2.45) is 0 Å². The number of ketones is 1. The molecule has 0 spiro atoms. The lowest BCUT2D eigenvalue weighted by molar-refractivity contribution is 0.102. The zero-order chi connectivity index (χ0) is 12.3. The third-order valence-electron chi connectivity index (χ3n) is 3.08. The molecular formula is C14H16ClNO. The van der Waals surface area contributed by atoms with Crippen LogP contribution in [-0.4, -0.2) is 12.8 Å². The van der Waals surface area contributed by atoms with Crippen molar-refractivity contribution in [3.8, 4) is 0 Å². The molecule has 0 atom stereocenters. The number of halogens is 1. The number of anilines is 1. The van der Waals surface area contributed by atoms with E-state index >= 15 is 0 Å². The molecule has 1 N–H and O–H groups in total. The number of nitrogens with one attached hydrogen (secondary N) is 1. The van der Waals surface area contributed by atoms with Gasteiger partial charge in [-0.15, -0.1) is 0 Å². The SMILES string of the molecule is CNc1ccc(Cl)cc1C(=O)C1=CCCCC1. The highest BCUT2D eigenvalue weighted by atomic mass is 35.5. The maximum Gasteiger partial charge on any atom is 0.190 e. The lowest BCUT2D eigenvalue weighted by atomic mass is 9.92. The summed E-state index contributed by atoms with van der Waals surface area (Å²) in [6.45, 7) is 0. The molecule has 90 valence electrons. The van der Waals surface area contributed by atoms with Crippen LogP contribution in [0.3, 0.4) is 0 Å². The quantitative estimate of drug-likeness (QED) is 0.819. The monoisotopic (exact) mass is 249 g/mol. The number of rotatable bonds is 3. The van der Waals surface area contributed by atoms with Crippen molar-refractivity contribution in [2.45, 2.75) is 25.7 Å². The van der Waals surface area contributed by atoms with E-state index in [0.717, 1.165) is 30.5 Å². The molecule has 0 fully saturated rings. The maximum absolute atomic E-state index is 12.4. The number of allylic oxidation sites excluding steroid dienone is 2. The molecule has 3 heteroatoms. The smallest absolute Gasteiger partial charge is 0.190 e. The minimum atomic E-state index is 0.108. The van der Waals surface area contributed by atoms with Crippen molar-refractivity contribution in [2.75, 3.05) is 12.4 Å². The van der Waals surface area contributed by atoms with Gasteiger partial charge in [0.05, 0.1) is 0 Å². The summed E-state index contributed by atoms with van der Waals surface area (Å²) in [5, 5.41) is 3.64. The summed E-state index contributed by atoms with van der Waals surface area (Å²) in [7, 11) is 1.81. The Bertz CT molecular complexity index is 465. The highest BCUT2D eigenvalue weighted by Crippen LogP contribution is 2.27. The molecule has 0 aromatic heterocycles. The molecular weight excluding hydrogens is 234 g/mol. The average molecular weight is 250 g/mol. The van der Waals surface area contributed by atoms with E-state index in [1.807, 2.05) is 13.1 Å². The van der Waals surface area contributed by atoms with Gasteiger partial charge in [-0.3, -0.25) is 4.79 Å². The van der Waals surface area contributed by atoms with Crippen LogP contribution < -0.4 is 5.32 Å². The molecule has 0 aliphatic heterocycles. The van der Waals surface area contributed by atoms with Gasteiger partial charge in [-0.05, 0) is 49.5 Å². The van der Waals surface area contributed by atoms with Gasteiger partial charge in [0, 0.05) is 23.3 Å². The van der Waals surface area contributed by atoms with E-state index in [2.05, 4.69) is 11.4 Å². The molecule has 2 rings (SSSR count). The van der Waals surface area contributed by atoms with E-state index in [1.54, 1.807) is 12.1 Å². The first kappa shape index (κ1) is 12.2. The molecule has 17 heavy (non-hydrogen) atoms. The Morgan fingerprint density at radius 3 is 2.82 bits per heavy atom. The van der Waals surface area contributed by atoms with E-state index in [9.17, 15) is 4.79 Å². The van der Waals surface area contributed by atoms with Crippen molar-refractivity contribution >= 4 is 23.1 Å². The predicted octanol–water partition coefficient (Wildman–Crippen LogP) is 4.06. The number of benzene rings is 1. The van der Waals surface area contributed by atoms with Crippen LogP contribution in [0, 0.1) is 0 Å². The summed E-state index contributed by atoms with van der Waals surface area (Å²) < 4.78 is 0. The molecule has 0 heterocycles. The number of carbonyl (C=O) groups excluding carboxylic acids is 1. The van der Waals surface area contributed by atoms with Crippen LogP contribution in [0.5, 0.6) is 0 Å². The zero-order valence-electron chi connectivity index (χ0n) is 9.92. The van der Waals surface area contributed by atoms with E-state index in [0.29, 0.717) is 10.6 Å². The van der Waals surface area contributed by atoms with Gasteiger partial charge in [0.15, 0.2) is 5.78 Å². The molecule has 0 saturated carbocycles. The second-order valence-electron chi connectivity index (χ2n) is 4.24. The molecule has 1 aliphatic carbocycles. The van der Waals surface area contributed by atoms with Crippen LogP contribution in [0.25, 0.3) is 0 Å². The normalized spacial score (nSPS) is 15.3. The first-order valence-electron chi connectivity index (χ1n) is 5.93. The van der Waals surface area contributed by atoms with Crippen molar-refractivity contribution in [3.63, 3.8) is 0 Å². The molecule has 0 saturated heterocycles. The Balaban J connectivity index is 2.35. The second-order valence-corrected chi connectivity index (χ2v) is 4.68. The van der Waals surface area contributed by atoms with Gasteiger partial charge < -0.3 is 5.32 Å². The number of hydrogen-bond acceptors (Lipinski definition) is 2. The Hall–Kier alpha value is -1.28. The average Bonchev–Trinajstić information content (AvgIpc) is 2.39. The number of Topliss-reactive ketones (excluding diaryl/α,β-unsaturated/α-hetero) is 1. The lowest BCUT2D eigenvalue weighted by Gasteiger charge is -2.14. The van der Waals surface area contributed by atoms with Crippen LogP contribution in [0.4, 0.5) is 5.69 Å². The fourth-order valence-corrected chi connectivity index (χ4v) is 2.31. The maximum atomic E-state index is 12.4. The molecule has 1 aliphatic rings. The predicted molar refractivity (Wildman–Crippen MR) is 71.9 cm³/mol. The van der Waals surface area contributed by atoms with Crippen LogP contribution in [-0.2, 0) is 0 Å². The van der Waals surface area contributed by atoms with Crippen LogP contribution in [0.15, 0.2) is 29.8 Å². The van der Waals surface area contributed by atoms with Gasteiger partial charge in [0.25, 0.3) is 0 Å². The molecule has 1 aromatic rings. The van der Waals surface area contributed by atoms with E-state index < -0.39 is 0 Å². The van der Waals surface area contributed by atoms with Gasteiger partial charge in [-0.25, -0.2) is 0 Å². The Kier molecular flexibility index (Phi) is 3.85. The summed E-state index contributed by atoms with van der Waals surface area (Å²) in [4.78, 5) is 12.4. The van der Waals surface area contributed by atoms with E-state index in [1.165, 1.54) is 6.42 Å². The summed E-state index contributed by atoms with van der Waals surface area (Å²) >= 11 is 5.96. The summed E-state index contributed by atoms with van der Waals surface area (Å²) in [5.41, 5.74) is 2.44. The fourth-order valence-electron chi connectivity index (χ4n) is 2.14. The second kappa shape index (κ2) is 5.37. The van der Waals surface area contributed by atoms with Gasteiger partial charge >= 0.3 is 0 Å². The molecule has 0 amide bonds. The number of hydrogen-bond donors (Lipinski definition) is 1. The van der Waals surface area contributed by atoms with Crippen molar-refractivity contribution in [1.82, 2.24) is 0 Å². The third-order valence-corrected chi connectivity index (χ3v) is 3.31. The third kappa shape index (κ3) is 2.70.